The van der Waals surface area contributed by atoms with Crippen molar-refractivity contribution >= 4 is 96.7 Å². The lowest BCUT2D eigenvalue weighted by Crippen LogP contribution is -2.62. The summed E-state index contributed by atoms with van der Waals surface area (Å²) in [5, 5.41) is 0. The highest BCUT2D eigenvalue weighted by Crippen LogP contribution is 2.30. The molecule has 1 rings (SSSR count). The van der Waals surface area contributed by atoms with Gasteiger partial charge in [0.2, 0.25) is 0 Å². The average molecular weight is 823 g/mol. The molecule has 5 atom stereocenters. The normalized spacial score (nSPS) is 20.7. The van der Waals surface area contributed by atoms with E-state index in [2.05, 4.69) is 0 Å². The number of hydrogen-bond donors (Lipinski definition) is 4. The maximum Gasteiger partial charge on any atom is 0.186 e. The molecule has 0 spiro atoms. The molecule has 0 radical (unpaired) electrons. The Morgan fingerprint density at radius 3 is 1.30 bits per heavy atom. The zero-order chi connectivity index (χ0) is 30.5. The van der Waals surface area contributed by atoms with Crippen LogP contribution >= 0.6 is 96.7 Å². The van der Waals surface area contributed by atoms with Crippen molar-refractivity contribution in [2.24, 2.45) is 22.9 Å². The van der Waals surface area contributed by atoms with E-state index in [1.165, 1.54) is 0 Å². The smallest absolute Gasteiger partial charge is 0.186 e. The summed E-state index contributed by atoms with van der Waals surface area (Å²) >= 11 is 7.40. The molecule has 284 valence electrons. The minimum Gasteiger partial charge on any atom is -0.378 e. The molecule has 1 heterocycles. The zero-order valence-electron chi connectivity index (χ0n) is 27.5. The van der Waals surface area contributed by atoms with Gasteiger partial charge in [0.25, 0.3) is 0 Å². The van der Waals surface area contributed by atoms with Crippen molar-refractivity contribution in [1.82, 2.24) is 0 Å². The Balaban J connectivity index is -0.00000220. The van der Waals surface area contributed by atoms with E-state index in [0.717, 1.165) is 71.7 Å². The fourth-order valence-corrected chi connectivity index (χ4v) is 7.25. The number of ether oxygens (including phenoxy) is 6. The summed E-state index contributed by atoms with van der Waals surface area (Å²) in [6, 6.07) is 0. The monoisotopic (exact) mass is 820 g/mol. The van der Waals surface area contributed by atoms with Crippen LogP contribution in [-0.2, 0) is 28.4 Å². The number of nitrogens with two attached hydrogens (primary N) is 4. The minimum atomic E-state index is -0.565. The maximum absolute atomic E-state index is 6.58. The van der Waals surface area contributed by atoms with Crippen molar-refractivity contribution in [3.63, 3.8) is 0 Å². The lowest BCUT2D eigenvalue weighted by atomic mass is 9.98. The standard InChI is InChI=1S/C28H60N4O6S4.4ClH/c1-2-34-28-27(37-14-22-42-18-6-10-32)26(36-13-21-41-17-5-9-31)25(35-12-20-40-16-4-8-30)24(38-28)23-33-11-19-39-15-3-7-29;;;;/h24-28H,2-23,29-32H2,1H3;4*1H/t24-,25+,26+,27-,28+;;;;/m1..../s1. The van der Waals surface area contributed by atoms with E-state index in [0.29, 0.717) is 65.8 Å². The van der Waals surface area contributed by atoms with Gasteiger partial charge in [0, 0.05) is 29.6 Å². The topological polar surface area (TPSA) is 159 Å². The van der Waals surface area contributed by atoms with Crippen molar-refractivity contribution < 1.29 is 28.4 Å². The van der Waals surface area contributed by atoms with Crippen molar-refractivity contribution in [2.75, 3.05) is 112 Å². The highest BCUT2D eigenvalue weighted by Gasteiger charge is 2.48. The van der Waals surface area contributed by atoms with Crippen LogP contribution in [0.1, 0.15) is 32.6 Å². The summed E-state index contributed by atoms with van der Waals surface area (Å²) in [5.74, 6) is 7.65. The fraction of sp³-hybridized carbons (Fsp3) is 1.00. The second-order valence-corrected chi connectivity index (χ2v) is 14.5. The highest BCUT2D eigenvalue weighted by atomic mass is 35.5. The molecule has 0 aliphatic carbocycles. The molecule has 0 aromatic carbocycles. The molecule has 1 fully saturated rings. The molecule has 0 aromatic rings. The molecule has 8 N–H and O–H groups in total. The molecule has 1 saturated heterocycles. The number of halogens is 4. The summed E-state index contributed by atoms with van der Waals surface area (Å²) in [6.45, 7) is 8.08. The van der Waals surface area contributed by atoms with Crippen molar-refractivity contribution in [1.29, 1.82) is 0 Å². The highest BCUT2D eigenvalue weighted by molar-refractivity contribution is 7.99. The second-order valence-electron chi connectivity index (χ2n) is 9.60. The van der Waals surface area contributed by atoms with Gasteiger partial charge in [0.1, 0.15) is 24.4 Å². The summed E-state index contributed by atoms with van der Waals surface area (Å²) in [6.07, 6.45) is 2.02. The van der Waals surface area contributed by atoms with Gasteiger partial charge in [-0.2, -0.15) is 47.0 Å². The Bertz CT molecular complexity index is 602. The van der Waals surface area contributed by atoms with E-state index in [9.17, 15) is 0 Å². The van der Waals surface area contributed by atoms with Crippen LogP contribution in [-0.4, -0.2) is 143 Å². The van der Waals surface area contributed by atoms with E-state index in [4.69, 9.17) is 51.4 Å². The van der Waals surface area contributed by atoms with E-state index in [1.807, 2.05) is 54.0 Å². The third-order valence-electron chi connectivity index (χ3n) is 6.16. The fourth-order valence-electron chi connectivity index (χ4n) is 4.07. The van der Waals surface area contributed by atoms with Gasteiger partial charge < -0.3 is 51.4 Å². The lowest BCUT2D eigenvalue weighted by Gasteiger charge is -2.45. The third-order valence-corrected chi connectivity index (χ3v) is 10.3. The molecule has 0 unspecified atom stereocenters. The molecule has 18 heteroatoms. The average Bonchev–Trinajstić information content (AvgIpc) is 2.99. The maximum atomic E-state index is 6.58. The summed E-state index contributed by atoms with van der Waals surface area (Å²) < 4.78 is 38.3. The van der Waals surface area contributed by atoms with Crippen LogP contribution in [0.2, 0.25) is 0 Å². The zero-order valence-corrected chi connectivity index (χ0v) is 34.0. The molecule has 0 aromatic heterocycles. The molecule has 0 saturated carbocycles. The van der Waals surface area contributed by atoms with E-state index in [-0.39, 0.29) is 67.9 Å². The van der Waals surface area contributed by atoms with Crippen molar-refractivity contribution in [3.8, 4) is 0 Å². The molecule has 46 heavy (non-hydrogen) atoms. The predicted molar refractivity (Wildman–Crippen MR) is 213 cm³/mol. The SMILES string of the molecule is CCO[C@H]1O[C@H](COCCSCCCN)[C@H](OCCSCCCN)[C@H](OCCSCCCN)[C@H]1OCCSCCCN.Cl.Cl.Cl.Cl. The molecular formula is C28H64Cl4N4O6S4. The second kappa shape index (κ2) is 41.6. The van der Waals surface area contributed by atoms with E-state index >= 15 is 0 Å². The van der Waals surface area contributed by atoms with Crippen LogP contribution in [0, 0.1) is 0 Å². The van der Waals surface area contributed by atoms with Gasteiger partial charge in [-0.1, -0.05) is 0 Å². The first-order chi connectivity index (χ1) is 20.7. The Morgan fingerprint density at radius 2 is 0.891 bits per heavy atom. The first-order valence-corrected chi connectivity index (χ1v) is 20.2. The molecule has 10 nitrogen and oxygen atoms in total. The molecule has 0 bridgehead atoms. The van der Waals surface area contributed by atoms with Gasteiger partial charge in [-0.25, -0.2) is 0 Å². The summed E-state index contributed by atoms with van der Waals surface area (Å²) in [4.78, 5) is 0. The number of rotatable bonds is 31. The lowest BCUT2D eigenvalue weighted by molar-refractivity contribution is -0.320. The van der Waals surface area contributed by atoms with Crippen LogP contribution in [0.25, 0.3) is 0 Å². The predicted octanol–water partition coefficient (Wildman–Crippen LogP) is 3.94. The van der Waals surface area contributed by atoms with Crippen LogP contribution < -0.4 is 22.9 Å². The Morgan fingerprint density at radius 1 is 0.500 bits per heavy atom. The Labute approximate surface area is 321 Å². The number of hydrogen-bond acceptors (Lipinski definition) is 14. The quantitative estimate of drug-likeness (QED) is 0.0746. The first-order valence-electron chi connectivity index (χ1n) is 15.5. The largest absolute Gasteiger partial charge is 0.378 e. The van der Waals surface area contributed by atoms with Gasteiger partial charge in [0.05, 0.1) is 33.0 Å². The van der Waals surface area contributed by atoms with Crippen LogP contribution in [0.3, 0.4) is 0 Å². The van der Waals surface area contributed by atoms with Crippen molar-refractivity contribution in [3.05, 3.63) is 0 Å². The molecular weight excluding hydrogens is 758 g/mol. The molecule has 1 aliphatic heterocycles. The van der Waals surface area contributed by atoms with Crippen molar-refractivity contribution in [2.45, 2.75) is 63.3 Å². The summed E-state index contributed by atoms with van der Waals surface area (Å²) in [5.41, 5.74) is 22.6. The molecule has 0 amide bonds. The van der Waals surface area contributed by atoms with Gasteiger partial charge in [-0.05, 0) is 81.8 Å². The van der Waals surface area contributed by atoms with Gasteiger partial charge >= 0.3 is 0 Å². The van der Waals surface area contributed by atoms with Gasteiger partial charge in [0.15, 0.2) is 6.29 Å². The van der Waals surface area contributed by atoms with Crippen LogP contribution in [0.4, 0.5) is 0 Å². The van der Waals surface area contributed by atoms with Gasteiger partial charge in [-0.15, -0.1) is 49.6 Å². The first kappa shape index (κ1) is 54.9. The van der Waals surface area contributed by atoms with E-state index < -0.39 is 12.4 Å². The minimum absolute atomic E-state index is 0. The Kier molecular flexibility index (Phi) is 49.6. The third kappa shape index (κ3) is 27.8. The summed E-state index contributed by atoms with van der Waals surface area (Å²) in [7, 11) is 0. The van der Waals surface area contributed by atoms with Crippen LogP contribution in [0.15, 0.2) is 0 Å². The van der Waals surface area contributed by atoms with Gasteiger partial charge in [-0.3, -0.25) is 0 Å². The van der Waals surface area contributed by atoms with E-state index in [1.54, 1.807) is 0 Å². The van der Waals surface area contributed by atoms with Crippen LogP contribution in [0.5, 0.6) is 0 Å². The molecule has 1 aliphatic rings. The number of thioether (sulfide) groups is 4. The Hall–Kier alpha value is 2.16.